The van der Waals surface area contributed by atoms with Crippen LogP contribution in [0, 0.1) is 0 Å². The van der Waals surface area contributed by atoms with Gasteiger partial charge in [-0.1, -0.05) is 35.5 Å². The second kappa shape index (κ2) is 7.61. The molecule has 0 N–H and O–H groups in total. The van der Waals surface area contributed by atoms with Crippen molar-refractivity contribution in [3.63, 3.8) is 0 Å². The van der Waals surface area contributed by atoms with Gasteiger partial charge in [-0.2, -0.15) is 0 Å². The van der Waals surface area contributed by atoms with Crippen LogP contribution in [-0.2, 0) is 11.3 Å². The number of hydrogen-bond donors (Lipinski definition) is 0. The molecule has 3 rings (SSSR count). The molecule has 0 aliphatic heterocycles. The van der Waals surface area contributed by atoms with E-state index in [0.717, 1.165) is 16.9 Å². The number of ether oxygens (including phenoxy) is 2. The molecular weight excluding hydrogens is 318 g/mol. The molecule has 0 atom stereocenters. The molecule has 0 aliphatic rings. The van der Waals surface area contributed by atoms with E-state index in [2.05, 4.69) is 10.3 Å². The fourth-order valence-electron chi connectivity index (χ4n) is 2.55. The van der Waals surface area contributed by atoms with E-state index in [1.807, 2.05) is 54.6 Å². The summed E-state index contributed by atoms with van der Waals surface area (Å²) < 4.78 is 12.0. The van der Waals surface area contributed by atoms with Crippen LogP contribution in [0.25, 0.3) is 11.3 Å². The van der Waals surface area contributed by atoms with Gasteiger partial charge in [0.05, 0.1) is 20.3 Å². The molecule has 1 aromatic heterocycles. The summed E-state index contributed by atoms with van der Waals surface area (Å²) in [5.74, 6) is 0.260. The van der Waals surface area contributed by atoms with Gasteiger partial charge in [-0.3, -0.25) is 0 Å². The number of methoxy groups -OCH3 is 1. The van der Waals surface area contributed by atoms with Crippen LogP contribution in [0.1, 0.15) is 23.0 Å². The third-order valence-electron chi connectivity index (χ3n) is 3.74. The molecule has 0 unspecified atom stereocenters. The first-order chi connectivity index (χ1) is 12.2. The smallest absolute Gasteiger partial charge is 0.361 e. The molecule has 6 heteroatoms. The predicted octanol–water partition coefficient (Wildman–Crippen LogP) is 3.18. The highest BCUT2D eigenvalue weighted by molar-refractivity contribution is 5.94. The zero-order valence-electron chi connectivity index (χ0n) is 14.2. The highest BCUT2D eigenvalue weighted by Gasteiger charge is 2.22. The second-order valence-electron chi connectivity index (χ2n) is 5.38. The van der Waals surface area contributed by atoms with Crippen LogP contribution < -0.4 is 4.74 Å². The van der Waals surface area contributed by atoms with Gasteiger partial charge in [0.25, 0.3) is 0 Å². The minimum absolute atomic E-state index is 0.211. The van der Waals surface area contributed by atoms with E-state index in [0.29, 0.717) is 12.2 Å². The van der Waals surface area contributed by atoms with Crippen molar-refractivity contribution in [2.75, 3.05) is 13.7 Å². The van der Waals surface area contributed by atoms with Gasteiger partial charge < -0.3 is 9.47 Å². The Morgan fingerprint density at radius 3 is 2.44 bits per heavy atom. The molecule has 3 aromatic rings. The van der Waals surface area contributed by atoms with Gasteiger partial charge in [-0.15, -0.1) is 5.10 Å². The van der Waals surface area contributed by atoms with Crippen molar-refractivity contribution < 1.29 is 14.3 Å². The van der Waals surface area contributed by atoms with Crippen molar-refractivity contribution >= 4 is 5.97 Å². The second-order valence-corrected chi connectivity index (χ2v) is 5.38. The van der Waals surface area contributed by atoms with Gasteiger partial charge in [0.15, 0.2) is 5.69 Å². The Morgan fingerprint density at radius 1 is 1.08 bits per heavy atom. The van der Waals surface area contributed by atoms with Crippen molar-refractivity contribution in [3.8, 4) is 17.0 Å². The van der Waals surface area contributed by atoms with Gasteiger partial charge in [-0.05, 0) is 36.8 Å². The maximum atomic E-state index is 12.3. The number of rotatable bonds is 6. The molecule has 0 saturated heterocycles. The standard InChI is InChI=1S/C19H19N3O3/c1-3-25-19(23)17-18(15-9-11-16(24-2)12-10-15)22(21-20-17)13-14-7-5-4-6-8-14/h4-12H,3,13H2,1-2H3. The molecule has 2 aromatic carbocycles. The molecule has 0 aliphatic carbocycles. The van der Waals surface area contributed by atoms with Crippen LogP contribution >= 0.6 is 0 Å². The summed E-state index contributed by atoms with van der Waals surface area (Å²) in [5.41, 5.74) is 2.73. The average molecular weight is 337 g/mol. The summed E-state index contributed by atoms with van der Waals surface area (Å²) in [5, 5.41) is 8.23. The fourth-order valence-corrected chi connectivity index (χ4v) is 2.55. The van der Waals surface area contributed by atoms with Crippen LogP contribution in [-0.4, -0.2) is 34.7 Å². The first-order valence-electron chi connectivity index (χ1n) is 8.02. The Bertz CT molecular complexity index is 842. The molecule has 25 heavy (non-hydrogen) atoms. The Morgan fingerprint density at radius 2 is 1.80 bits per heavy atom. The lowest BCUT2D eigenvalue weighted by atomic mass is 10.1. The molecule has 0 saturated carbocycles. The molecule has 1 heterocycles. The highest BCUT2D eigenvalue weighted by Crippen LogP contribution is 2.26. The van der Waals surface area contributed by atoms with Crippen molar-refractivity contribution in [2.24, 2.45) is 0 Å². The summed E-state index contributed by atoms with van der Waals surface area (Å²) in [6.07, 6.45) is 0. The summed E-state index contributed by atoms with van der Waals surface area (Å²) in [7, 11) is 1.61. The van der Waals surface area contributed by atoms with E-state index in [4.69, 9.17) is 9.47 Å². The summed E-state index contributed by atoms with van der Waals surface area (Å²) in [4.78, 5) is 12.3. The molecule has 6 nitrogen and oxygen atoms in total. The SMILES string of the molecule is CCOC(=O)c1nnn(Cc2ccccc2)c1-c1ccc(OC)cc1. The van der Waals surface area contributed by atoms with Crippen molar-refractivity contribution in [1.82, 2.24) is 15.0 Å². The monoisotopic (exact) mass is 337 g/mol. The van der Waals surface area contributed by atoms with Crippen molar-refractivity contribution in [2.45, 2.75) is 13.5 Å². The van der Waals surface area contributed by atoms with E-state index in [1.54, 1.807) is 18.7 Å². The zero-order valence-corrected chi connectivity index (χ0v) is 14.2. The normalized spacial score (nSPS) is 10.5. The molecule has 0 amide bonds. The summed E-state index contributed by atoms with van der Waals surface area (Å²) >= 11 is 0. The van der Waals surface area contributed by atoms with Crippen LogP contribution in [0.2, 0.25) is 0 Å². The van der Waals surface area contributed by atoms with Crippen molar-refractivity contribution in [1.29, 1.82) is 0 Å². The van der Waals surface area contributed by atoms with Gasteiger partial charge >= 0.3 is 5.97 Å². The number of aromatic nitrogens is 3. The fraction of sp³-hybridized carbons (Fsp3) is 0.211. The van der Waals surface area contributed by atoms with Crippen LogP contribution in [0.5, 0.6) is 5.75 Å². The molecule has 0 bridgehead atoms. The van der Waals surface area contributed by atoms with Gasteiger partial charge in [-0.25, -0.2) is 9.48 Å². The average Bonchev–Trinajstić information content (AvgIpc) is 3.06. The molecule has 128 valence electrons. The molecule has 0 spiro atoms. The quantitative estimate of drug-likeness (QED) is 0.646. The lowest BCUT2D eigenvalue weighted by Crippen LogP contribution is -2.09. The van der Waals surface area contributed by atoms with E-state index in [-0.39, 0.29) is 12.3 Å². The van der Waals surface area contributed by atoms with Gasteiger partial charge in [0, 0.05) is 5.56 Å². The Labute approximate surface area is 146 Å². The molecule has 0 radical (unpaired) electrons. The largest absolute Gasteiger partial charge is 0.497 e. The van der Waals surface area contributed by atoms with Crippen LogP contribution in [0.4, 0.5) is 0 Å². The minimum atomic E-state index is -0.479. The first kappa shape index (κ1) is 16.7. The van der Waals surface area contributed by atoms with Gasteiger partial charge in [0.1, 0.15) is 11.4 Å². The number of esters is 1. The molecule has 0 fully saturated rings. The number of benzene rings is 2. The predicted molar refractivity (Wildman–Crippen MR) is 93.5 cm³/mol. The first-order valence-corrected chi connectivity index (χ1v) is 8.02. The molecular formula is C19H19N3O3. The Hall–Kier alpha value is -3.15. The zero-order chi connectivity index (χ0) is 17.6. The van der Waals surface area contributed by atoms with Gasteiger partial charge in [0.2, 0.25) is 0 Å². The lowest BCUT2D eigenvalue weighted by molar-refractivity contribution is 0.0520. The number of carbonyl (C=O) groups is 1. The Balaban J connectivity index is 2.04. The Kier molecular flexibility index (Phi) is 5.09. The lowest BCUT2D eigenvalue weighted by Gasteiger charge is -2.09. The van der Waals surface area contributed by atoms with E-state index in [1.165, 1.54) is 0 Å². The van der Waals surface area contributed by atoms with Crippen molar-refractivity contribution in [3.05, 3.63) is 65.9 Å². The summed E-state index contributed by atoms with van der Waals surface area (Å²) in [6.45, 7) is 2.56. The topological polar surface area (TPSA) is 66.2 Å². The summed E-state index contributed by atoms with van der Waals surface area (Å²) in [6, 6.07) is 17.3. The minimum Gasteiger partial charge on any atom is -0.497 e. The maximum Gasteiger partial charge on any atom is 0.361 e. The van der Waals surface area contributed by atoms with Crippen LogP contribution in [0.15, 0.2) is 54.6 Å². The van der Waals surface area contributed by atoms with E-state index >= 15 is 0 Å². The third kappa shape index (κ3) is 3.68. The van der Waals surface area contributed by atoms with Crippen LogP contribution in [0.3, 0.4) is 0 Å². The van der Waals surface area contributed by atoms with E-state index in [9.17, 15) is 4.79 Å². The number of nitrogens with zero attached hydrogens (tertiary/aromatic N) is 3. The third-order valence-corrected chi connectivity index (χ3v) is 3.74. The number of carbonyl (C=O) groups excluding carboxylic acids is 1. The number of hydrogen-bond acceptors (Lipinski definition) is 5. The maximum absolute atomic E-state index is 12.3. The van der Waals surface area contributed by atoms with E-state index < -0.39 is 5.97 Å². The highest BCUT2D eigenvalue weighted by atomic mass is 16.5.